The Kier molecular flexibility index (Phi) is 6.07. The van der Waals surface area contributed by atoms with E-state index in [9.17, 15) is 14.7 Å². The van der Waals surface area contributed by atoms with E-state index >= 15 is 0 Å². The van der Waals surface area contributed by atoms with Crippen molar-refractivity contribution in [2.75, 3.05) is 0 Å². The van der Waals surface area contributed by atoms with Crippen LogP contribution in [0.4, 0.5) is 0 Å². The highest BCUT2D eigenvalue weighted by Gasteiger charge is 2.64. The lowest BCUT2D eigenvalue weighted by atomic mass is 9.43. The molecule has 1 N–H and O–H groups in total. The van der Waals surface area contributed by atoms with E-state index in [0.29, 0.717) is 18.1 Å². The number of carboxylic acids is 1. The van der Waals surface area contributed by atoms with Gasteiger partial charge in [-0.05, 0) is 99.7 Å². The highest BCUT2D eigenvalue weighted by atomic mass is 16.4. The molecule has 0 aromatic heterocycles. The number of aliphatic carboxylic acids is 1. The fourth-order valence-corrected chi connectivity index (χ4v) is 9.22. The van der Waals surface area contributed by atoms with Crippen LogP contribution in [0, 0.1) is 39.4 Å². The van der Waals surface area contributed by atoms with Gasteiger partial charge in [-0.25, -0.2) is 0 Å². The first-order valence-corrected chi connectivity index (χ1v) is 13.4. The summed E-state index contributed by atoms with van der Waals surface area (Å²) < 4.78 is 0. The maximum absolute atomic E-state index is 12.8. The predicted molar refractivity (Wildman–Crippen MR) is 134 cm³/mol. The first-order chi connectivity index (χ1) is 15.3. The molecule has 6 atom stereocenters. The number of Topliss-reactive ketones (excluding diaryl/α,β-unsaturated/α-hetero) is 1. The van der Waals surface area contributed by atoms with Gasteiger partial charge in [-0.3, -0.25) is 9.59 Å². The lowest BCUT2D eigenvalue weighted by molar-refractivity contribution is -0.146. The molecule has 4 aliphatic carbocycles. The van der Waals surface area contributed by atoms with Crippen LogP contribution in [0.25, 0.3) is 0 Å². The van der Waals surface area contributed by atoms with Crippen molar-refractivity contribution in [2.24, 2.45) is 39.4 Å². The van der Waals surface area contributed by atoms with Gasteiger partial charge < -0.3 is 5.11 Å². The monoisotopic (exact) mass is 454 g/mol. The third kappa shape index (κ3) is 3.50. The largest absolute Gasteiger partial charge is 0.481 e. The molecular formula is C30H46O3. The van der Waals surface area contributed by atoms with Gasteiger partial charge in [-0.1, -0.05) is 57.4 Å². The summed E-state index contributed by atoms with van der Waals surface area (Å²) in [5.74, 6) is 0.270. The zero-order valence-corrected chi connectivity index (χ0v) is 22.1. The second-order valence-electron chi connectivity index (χ2n) is 13.3. The van der Waals surface area contributed by atoms with E-state index in [1.807, 2.05) is 0 Å². The highest BCUT2D eigenvalue weighted by Crippen LogP contribution is 2.72. The van der Waals surface area contributed by atoms with E-state index in [0.717, 1.165) is 57.8 Å². The van der Waals surface area contributed by atoms with Crippen molar-refractivity contribution in [3.8, 4) is 0 Å². The van der Waals surface area contributed by atoms with Crippen LogP contribution < -0.4 is 0 Å². The normalized spacial score (nSPS) is 40.5. The summed E-state index contributed by atoms with van der Waals surface area (Å²) in [5.41, 5.74) is 4.63. The lowest BCUT2D eigenvalue weighted by Gasteiger charge is -2.60. The Bertz CT molecular complexity index is 904. The summed E-state index contributed by atoms with van der Waals surface area (Å²) >= 11 is 0. The van der Waals surface area contributed by atoms with Gasteiger partial charge in [-0.2, -0.15) is 0 Å². The number of allylic oxidation sites excluding steroid dienone is 4. The van der Waals surface area contributed by atoms with Gasteiger partial charge >= 0.3 is 5.97 Å². The van der Waals surface area contributed by atoms with Crippen LogP contribution >= 0.6 is 0 Å². The van der Waals surface area contributed by atoms with Crippen LogP contribution in [0.1, 0.15) is 113 Å². The van der Waals surface area contributed by atoms with Crippen molar-refractivity contribution in [3.63, 3.8) is 0 Å². The maximum Gasteiger partial charge on any atom is 0.306 e. The van der Waals surface area contributed by atoms with E-state index in [4.69, 9.17) is 0 Å². The van der Waals surface area contributed by atoms with Gasteiger partial charge in [0.2, 0.25) is 0 Å². The molecule has 0 saturated heterocycles. The Labute approximate surface area is 201 Å². The smallest absolute Gasteiger partial charge is 0.306 e. The average Bonchev–Trinajstić information content (AvgIpc) is 3.00. The third-order valence-electron chi connectivity index (χ3n) is 11.4. The van der Waals surface area contributed by atoms with Crippen molar-refractivity contribution in [3.05, 3.63) is 22.8 Å². The Balaban J connectivity index is 1.70. The summed E-state index contributed by atoms with van der Waals surface area (Å²) in [7, 11) is 0. The summed E-state index contributed by atoms with van der Waals surface area (Å²) in [4.78, 5) is 25.2. The van der Waals surface area contributed by atoms with E-state index in [-0.39, 0.29) is 33.5 Å². The topological polar surface area (TPSA) is 54.4 Å². The summed E-state index contributed by atoms with van der Waals surface area (Å²) in [6, 6.07) is 0. The van der Waals surface area contributed by atoms with Crippen molar-refractivity contribution < 1.29 is 14.7 Å². The molecule has 3 nitrogen and oxygen atoms in total. The van der Waals surface area contributed by atoms with Crippen LogP contribution in [-0.2, 0) is 9.59 Å². The second kappa shape index (κ2) is 8.09. The number of hydrogen-bond acceptors (Lipinski definition) is 2. The third-order valence-corrected chi connectivity index (χ3v) is 11.4. The van der Waals surface area contributed by atoms with Gasteiger partial charge in [0, 0.05) is 11.8 Å². The van der Waals surface area contributed by atoms with E-state index in [1.54, 1.807) is 11.1 Å². The number of carbonyl (C=O) groups is 2. The summed E-state index contributed by atoms with van der Waals surface area (Å²) in [5, 5.41) is 10.2. The van der Waals surface area contributed by atoms with E-state index < -0.39 is 5.97 Å². The van der Waals surface area contributed by atoms with Gasteiger partial charge in [0.1, 0.15) is 5.78 Å². The quantitative estimate of drug-likeness (QED) is 0.432. The first kappa shape index (κ1) is 24.7. The number of ketones is 1. The Morgan fingerprint density at radius 3 is 2.33 bits per heavy atom. The predicted octanol–water partition coefficient (Wildman–Crippen LogP) is 7.75. The van der Waals surface area contributed by atoms with Crippen LogP contribution in [0.3, 0.4) is 0 Å². The molecule has 0 aliphatic heterocycles. The van der Waals surface area contributed by atoms with Crippen molar-refractivity contribution in [1.82, 2.24) is 0 Å². The molecule has 4 aliphatic rings. The van der Waals surface area contributed by atoms with Gasteiger partial charge in [0.15, 0.2) is 0 Å². The van der Waals surface area contributed by atoms with Crippen LogP contribution in [-0.4, -0.2) is 16.9 Å². The minimum atomic E-state index is -0.601. The molecule has 33 heavy (non-hydrogen) atoms. The Morgan fingerprint density at radius 1 is 1.00 bits per heavy atom. The number of rotatable bonds is 5. The first-order valence-electron chi connectivity index (χ1n) is 13.4. The molecule has 0 amide bonds. The molecule has 4 rings (SSSR count). The molecule has 2 saturated carbocycles. The van der Waals surface area contributed by atoms with Crippen molar-refractivity contribution in [1.29, 1.82) is 0 Å². The standard InChI is InChI=1S/C30H46O3/c1-19(2)9-8-10-20(26(32)33)21-13-17-30(7)23-11-12-24-27(3,4)25(31)15-16-28(24,5)22(23)14-18-29(21,30)6/h9,20-21,24H,8,10-18H2,1-7H3,(H,32,33)/t20-,21+,24-,28+,29-,30+/m0/s1. The van der Waals surface area contributed by atoms with Crippen LogP contribution in [0.15, 0.2) is 22.8 Å². The van der Waals surface area contributed by atoms with Gasteiger partial charge in [-0.15, -0.1) is 0 Å². The van der Waals surface area contributed by atoms with Gasteiger partial charge in [0.05, 0.1) is 5.92 Å². The molecule has 3 heteroatoms. The fourth-order valence-electron chi connectivity index (χ4n) is 9.22. The molecular weight excluding hydrogens is 408 g/mol. The SMILES string of the molecule is CC(C)=CCC[C@H](C(=O)O)[C@H]1CC[C@]2(C)C3=C(CC[C@@]12C)[C@@]1(C)CCC(=O)C(C)(C)[C@@H]1CC3. The van der Waals surface area contributed by atoms with Crippen LogP contribution in [0.2, 0.25) is 0 Å². The molecule has 0 radical (unpaired) electrons. The zero-order valence-electron chi connectivity index (χ0n) is 22.1. The minimum Gasteiger partial charge on any atom is -0.481 e. The average molecular weight is 455 g/mol. The maximum atomic E-state index is 12.8. The molecule has 0 bridgehead atoms. The molecule has 0 aromatic rings. The number of fused-ring (bicyclic) bond motifs is 4. The molecule has 184 valence electrons. The highest BCUT2D eigenvalue weighted by molar-refractivity contribution is 5.85. The van der Waals surface area contributed by atoms with Crippen molar-refractivity contribution >= 4 is 11.8 Å². The number of carboxylic acid groups (broad SMARTS) is 1. The molecule has 2 fully saturated rings. The summed E-state index contributed by atoms with van der Waals surface area (Å²) in [6.07, 6.45) is 12.0. The molecule has 0 aromatic carbocycles. The fraction of sp³-hybridized carbons (Fsp3) is 0.800. The second-order valence-corrected chi connectivity index (χ2v) is 13.3. The van der Waals surface area contributed by atoms with E-state index in [1.165, 1.54) is 5.57 Å². The van der Waals surface area contributed by atoms with E-state index in [2.05, 4.69) is 54.5 Å². The molecule has 0 unspecified atom stereocenters. The Morgan fingerprint density at radius 2 is 1.70 bits per heavy atom. The van der Waals surface area contributed by atoms with Crippen molar-refractivity contribution in [2.45, 2.75) is 113 Å². The molecule has 0 heterocycles. The lowest BCUT2D eigenvalue weighted by Crippen LogP contribution is -2.54. The zero-order chi connectivity index (χ0) is 24.4. The number of carbonyl (C=O) groups excluding carboxylic acids is 1. The summed E-state index contributed by atoms with van der Waals surface area (Å²) in [6.45, 7) is 15.9. The minimum absolute atomic E-state index is 0.0447. The van der Waals surface area contributed by atoms with Crippen LogP contribution in [0.5, 0.6) is 0 Å². The van der Waals surface area contributed by atoms with Gasteiger partial charge in [0.25, 0.3) is 0 Å². The Hall–Kier alpha value is -1.38. The molecule has 0 spiro atoms. The number of hydrogen-bond donors (Lipinski definition) is 1.